The summed E-state index contributed by atoms with van der Waals surface area (Å²) in [5.41, 5.74) is 3.28. The molecule has 3 aliphatic rings. The van der Waals surface area contributed by atoms with Gasteiger partial charge in [0.15, 0.2) is 0 Å². The maximum Gasteiger partial charge on any atom is 0.322 e. The van der Waals surface area contributed by atoms with Gasteiger partial charge in [-0.25, -0.2) is 4.79 Å². The lowest BCUT2D eigenvalue weighted by Gasteiger charge is -2.46. The molecule has 3 N–H and O–H groups in total. The highest BCUT2D eigenvalue weighted by Crippen LogP contribution is 2.59. The highest BCUT2D eigenvalue weighted by molar-refractivity contribution is 7.21. The molecule has 0 unspecified atom stereocenters. The van der Waals surface area contributed by atoms with Gasteiger partial charge in [0.25, 0.3) is 0 Å². The van der Waals surface area contributed by atoms with Gasteiger partial charge in [0.1, 0.15) is 5.75 Å². The number of ketones is 1. The number of aliphatic hydroxyl groups is 2. The average Bonchev–Trinajstić information content (AvgIpc) is 3.78. The SMILES string of the molecule is COc1ccc(NC(=O)N(Cc2cccc3ccccc23)C[C@]2(O)CC[C@H]3c4ccc(cc4C(=O)c4cc5ccccc5s4)C[C@@H](O)CCC(C)=CCC[C@@]32C)cc1. The van der Waals surface area contributed by atoms with Crippen LogP contribution in [0.3, 0.4) is 0 Å². The smallest absolute Gasteiger partial charge is 0.322 e. The Hall–Kier alpha value is -5.28. The second kappa shape index (κ2) is 16.5. The van der Waals surface area contributed by atoms with Gasteiger partial charge >= 0.3 is 6.03 Å². The van der Waals surface area contributed by atoms with Crippen LogP contribution in [0.5, 0.6) is 5.75 Å². The van der Waals surface area contributed by atoms with Gasteiger partial charge in [-0.2, -0.15) is 0 Å². The van der Waals surface area contributed by atoms with Gasteiger partial charge in [-0.15, -0.1) is 11.3 Å². The van der Waals surface area contributed by atoms with Crippen molar-refractivity contribution in [3.8, 4) is 5.75 Å². The molecule has 0 saturated heterocycles. The van der Waals surface area contributed by atoms with E-state index in [9.17, 15) is 19.8 Å². The molecular formula is C50H52N2O5S. The number of hydrogen-bond acceptors (Lipinski definition) is 6. The van der Waals surface area contributed by atoms with Crippen LogP contribution in [0.1, 0.15) is 90.2 Å². The van der Waals surface area contributed by atoms with Crippen LogP contribution in [-0.4, -0.2) is 52.3 Å². The van der Waals surface area contributed by atoms with Crippen molar-refractivity contribution in [3.63, 3.8) is 0 Å². The largest absolute Gasteiger partial charge is 0.497 e. The minimum Gasteiger partial charge on any atom is -0.497 e. The molecule has 58 heavy (non-hydrogen) atoms. The summed E-state index contributed by atoms with van der Waals surface area (Å²) in [5, 5.41) is 30.7. The van der Waals surface area contributed by atoms with Crippen LogP contribution in [0.15, 0.2) is 127 Å². The van der Waals surface area contributed by atoms with Crippen LogP contribution in [-0.2, 0) is 13.0 Å². The summed E-state index contributed by atoms with van der Waals surface area (Å²) in [4.78, 5) is 31.7. The zero-order valence-corrected chi connectivity index (χ0v) is 34.4. The van der Waals surface area contributed by atoms with Crippen LogP contribution >= 0.6 is 11.3 Å². The minimum atomic E-state index is -1.30. The van der Waals surface area contributed by atoms with Crippen molar-refractivity contribution in [1.29, 1.82) is 0 Å². The third-order valence-electron chi connectivity index (χ3n) is 12.9. The molecule has 6 aromatic rings. The van der Waals surface area contributed by atoms with E-state index in [0.29, 0.717) is 54.0 Å². The molecule has 0 aliphatic heterocycles. The van der Waals surface area contributed by atoms with Crippen LogP contribution in [0, 0.1) is 5.41 Å². The molecule has 0 radical (unpaired) electrons. The lowest BCUT2D eigenvalue weighted by molar-refractivity contribution is -0.0773. The van der Waals surface area contributed by atoms with E-state index in [4.69, 9.17) is 4.74 Å². The van der Waals surface area contributed by atoms with E-state index in [2.05, 4.69) is 61.6 Å². The Kier molecular flexibility index (Phi) is 11.3. The number of urea groups is 1. The molecule has 8 heteroatoms. The number of thiophene rings is 1. The fraction of sp³-hybridized carbons (Fsp3) is 0.320. The average molecular weight is 793 g/mol. The summed E-state index contributed by atoms with van der Waals surface area (Å²) in [7, 11) is 1.61. The zero-order valence-electron chi connectivity index (χ0n) is 33.5. The lowest BCUT2D eigenvalue weighted by Crippen LogP contribution is -2.54. The Morgan fingerprint density at radius 3 is 2.45 bits per heavy atom. The van der Waals surface area contributed by atoms with Crippen molar-refractivity contribution in [2.45, 2.75) is 83.0 Å². The van der Waals surface area contributed by atoms with Crippen molar-refractivity contribution in [2.75, 3.05) is 19.0 Å². The standard InChI is InChI=1S/C50H52N2O5S/c1-33-10-9-26-49(2)44(42-24-18-34(28-39(53)21-17-33)29-43(42)47(54)46-30-36-12-5-7-16-45(36)58-46)25-27-50(49,56)32-52(48(55)51-38-19-22-40(57-3)23-20-38)31-37-14-8-13-35-11-4-6-15-41(35)37/h4-8,10-16,18-20,22-24,29-30,39,44,53,56H,9,17,21,25-28,31-32H2,1-3H3,(H,51,55)/t39-,44-,49-,50+/m0/s1. The van der Waals surface area contributed by atoms with E-state index < -0.39 is 17.1 Å². The monoisotopic (exact) mass is 792 g/mol. The summed E-state index contributed by atoms with van der Waals surface area (Å²) in [6.45, 7) is 4.67. The van der Waals surface area contributed by atoms with Gasteiger partial charge in [-0.1, -0.05) is 91.4 Å². The summed E-state index contributed by atoms with van der Waals surface area (Å²) in [5.74, 6) is 0.479. The molecule has 9 rings (SSSR count). The molecule has 7 nitrogen and oxygen atoms in total. The molecule has 2 amide bonds. The molecular weight excluding hydrogens is 741 g/mol. The van der Waals surface area contributed by atoms with E-state index >= 15 is 0 Å². The van der Waals surface area contributed by atoms with Crippen molar-refractivity contribution < 1.29 is 24.5 Å². The first-order chi connectivity index (χ1) is 28.0. The van der Waals surface area contributed by atoms with Crippen LogP contribution in [0.25, 0.3) is 20.9 Å². The number of ether oxygens (including phenoxy) is 1. The molecule has 1 heterocycles. The van der Waals surface area contributed by atoms with Gasteiger partial charge < -0.3 is 25.2 Å². The van der Waals surface area contributed by atoms with Crippen molar-refractivity contribution in [3.05, 3.63) is 154 Å². The van der Waals surface area contributed by atoms with E-state index in [1.165, 1.54) is 16.9 Å². The van der Waals surface area contributed by atoms with Gasteiger partial charge in [0.05, 0.1) is 30.2 Å². The Bertz CT molecular complexity index is 2450. The van der Waals surface area contributed by atoms with E-state index in [1.54, 1.807) is 12.0 Å². The predicted octanol–water partition coefficient (Wildman–Crippen LogP) is 11.1. The van der Waals surface area contributed by atoms with Crippen LogP contribution in [0.2, 0.25) is 0 Å². The predicted molar refractivity (Wildman–Crippen MR) is 235 cm³/mol. The maximum atomic E-state index is 14.7. The van der Waals surface area contributed by atoms with Crippen molar-refractivity contribution in [2.24, 2.45) is 5.41 Å². The highest BCUT2D eigenvalue weighted by atomic mass is 32.1. The summed E-state index contributed by atoms with van der Waals surface area (Å²) in [6.07, 6.45) is 6.03. The topological polar surface area (TPSA) is 99.1 Å². The fourth-order valence-electron chi connectivity index (χ4n) is 9.45. The van der Waals surface area contributed by atoms with Crippen molar-refractivity contribution in [1.82, 2.24) is 4.90 Å². The first kappa shape index (κ1) is 39.5. The Balaban J connectivity index is 1.20. The number of anilines is 1. The molecule has 5 aromatic carbocycles. The van der Waals surface area contributed by atoms with Crippen molar-refractivity contribution >= 4 is 49.7 Å². The number of carbonyl (C=O) groups is 2. The first-order valence-electron chi connectivity index (χ1n) is 20.4. The van der Waals surface area contributed by atoms with E-state index in [1.807, 2.05) is 78.9 Å². The first-order valence-corrected chi connectivity index (χ1v) is 21.2. The van der Waals surface area contributed by atoms with Crippen LogP contribution in [0.4, 0.5) is 10.5 Å². The zero-order chi connectivity index (χ0) is 40.4. The number of allylic oxidation sites excluding steroid dienone is 2. The normalized spacial score (nSPS) is 22.3. The Labute approximate surface area is 345 Å². The summed E-state index contributed by atoms with van der Waals surface area (Å²) >= 11 is 1.50. The molecule has 1 saturated carbocycles. The third kappa shape index (κ3) is 7.93. The van der Waals surface area contributed by atoms with E-state index in [0.717, 1.165) is 50.4 Å². The number of benzene rings is 5. The second-order valence-electron chi connectivity index (χ2n) is 16.6. The van der Waals surface area contributed by atoms with Gasteiger partial charge in [0, 0.05) is 27.9 Å². The van der Waals surface area contributed by atoms with Gasteiger partial charge in [-0.3, -0.25) is 4.79 Å². The summed E-state index contributed by atoms with van der Waals surface area (Å²) < 4.78 is 6.42. The molecule has 0 spiro atoms. The number of rotatable bonds is 8. The number of amides is 2. The minimum absolute atomic E-state index is 0.0374. The summed E-state index contributed by atoms with van der Waals surface area (Å²) in [6, 6.07) is 37.5. The fourth-order valence-corrected chi connectivity index (χ4v) is 10.5. The number of nitrogens with one attached hydrogen (secondary N) is 1. The third-order valence-corrected chi connectivity index (χ3v) is 14.0. The number of methoxy groups -OCH3 is 1. The molecule has 1 fully saturated rings. The number of carbonyl (C=O) groups excluding carboxylic acids is 2. The Morgan fingerprint density at radius 1 is 0.897 bits per heavy atom. The molecule has 1 aromatic heterocycles. The number of fused-ring (bicyclic) bond motifs is 10. The number of nitrogens with zero attached hydrogens (tertiary/aromatic N) is 1. The van der Waals surface area contributed by atoms with Gasteiger partial charge in [-0.05, 0) is 133 Å². The molecule has 2 bridgehead atoms. The van der Waals surface area contributed by atoms with Crippen LogP contribution < -0.4 is 10.1 Å². The molecule has 3 aliphatic carbocycles. The lowest BCUT2D eigenvalue weighted by atomic mass is 9.64. The second-order valence-corrected chi connectivity index (χ2v) is 17.7. The maximum absolute atomic E-state index is 14.7. The molecule has 298 valence electrons. The quantitative estimate of drug-likeness (QED) is 0.105. The van der Waals surface area contributed by atoms with E-state index in [-0.39, 0.29) is 30.8 Å². The highest BCUT2D eigenvalue weighted by Gasteiger charge is 2.57. The molecule has 4 atom stereocenters. The number of hydrogen-bond donors (Lipinski definition) is 3. The number of aliphatic hydroxyl groups excluding tert-OH is 1. The Morgan fingerprint density at radius 2 is 1.66 bits per heavy atom. The van der Waals surface area contributed by atoms with Gasteiger partial charge in [0.2, 0.25) is 5.78 Å².